The van der Waals surface area contributed by atoms with Crippen LogP contribution in [0.4, 0.5) is 0 Å². The average Bonchev–Trinajstić information content (AvgIpc) is 3.38. The highest BCUT2D eigenvalue weighted by molar-refractivity contribution is 7.83. The van der Waals surface area contributed by atoms with Crippen molar-refractivity contribution >= 4 is 10.3 Å². The molecule has 0 amide bonds. The van der Waals surface area contributed by atoms with Crippen molar-refractivity contribution in [1.82, 2.24) is 14.3 Å². The topological polar surface area (TPSA) is 104 Å². The van der Waals surface area contributed by atoms with Gasteiger partial charge in [-0.2, -0.15) is 13.1 Å². The third-order valence-electron chi connectivity index (χ3n) is 9.68. The number of nitrogens with one attached hydrogen (secondary N) is 1. The van der Waals surface area contributed by atoms with E-state index in [4.69, 9.17) is 4.55 Å². The standard InChI is InChI=1S/C27H45N3O4S/c1-5-21-19(11-13-29-35(32,33)34)6-7-23-22(21)10-12-27(4)24(8-9-25(23)27)20(16-26(2,3)31)17-30-15-14-28-18-30/h6,14-15,18,20-25,29,31H,5,7-13,16-17H2,1-4H3,(H,32,33,34). The van der Waals surface area contributed by atoms with Crippen molar-refractivity contribution in [3.05, 3.63) is 30.4 Å². The van der Waals surface area contributed by atoms with Crippen LogP contribution < -0.4 is 4.72 Å². The zero-order valence-corrected chi connectivity index (χ0v) is 22.7. The number of fused-ring (bicyclic) bond motifs is 3. The van der Waals surface area contributed by atoms with Crippen LogP contribution in [0.5, 0.6) is 0 Å². The summed E-state index contributed by atoms with van der Waals surface area (Å²) in [4.78, 5) is 4.25. The van der Waals surface area contributed by atoms with Crippen molar-refractivity contribution in [2.24, 2.45) is 40.9 Å². The van der Waals surface area contributed by atoms with Crippen LogP contribution in [-0.4, -0.2) is 39.8 Å². The van der Waals surface area contributed by atoms with Gasteiger partial charge in [-0.05, 0) is 106 Å². The van der Waals surface area contributed by atoms with E-state index in [2.05, 4.69) is 34.2 Å². The van der Waals surface area contributed by atoms with Crippen LogP contribution in [0.1, 0.15) is 79.1 Å². The highest BCUT2D eigenvalue weighted by Gasteiger charge is 2.57. The molecule has 3 aliphatic rings. The maximum atomic E-state index is 11.1. The van der Waals surface area contributed by atoms with Gasteiger partial charge in [0.1, 0.15) is 0 Å². The first kappa shape index (κ1) is 26.8. The largest absolute Gasteiger partial charge is 0.390 e. The Labute approximate surface area is 211 Å². The van der Waals surface area contributed by atoms with Crippen molar-refractivity contribution < 1.29 is 18.1 Å². The molecule has 0 aromatic carbocycles. The Bertz CT molecular complexity index is 985. The zero-order chi connectivity index (χ0) is 25.4. The molecule has 2 saturated carbocycles. The lowest BCUT2D eigenvalue weighted by Crippen LogP contribution is -2.47. The second kappa shape index (κ2) is 10.3. The molecule has 4 rings (SSSR count). The fourth-order valence-corrected chi connectivity index (χ4v) is 8.86. The predicted octanol–water partition coefficient (Wildman–Crippen LogP) is 4.86. The molecule has 3 N–H and O–H groups in total. The van der Waals surface area contributed by atoms with Crippen molar-refractivity contribution in [2.75, 3.05) is 6.54 Å². The minimum atomic E-state index is -4.14. The number of nitrogens with zero attached hydrogens (tertiary/aromatic N) is 2. The summed E-state index contributed by atoms with van der Waals surface area (Å²) in [6.07, 6.45) is 16.7. The summed E-state index contributed by atoms with van der Waals surface area (Å²) >= 11 is 0. The molecule has 7 nitrogen and oxygen atoms in total. The molecule has 3 aliphatic carbocycles. The molecule has 1 aromatic rings. The first-order valence-corrected chi connectivity index (χ1v) is 14.9. The maximum absolute atomic E-state index is 11.1. The van der Waals surface area contributed by atoms with Gasteiger partial charge in [0.25, 0.3) is 0 Å². The lowest BCUT2D eigenvalue weighted by Gasteiger charge is -2.54. The van der Waals surface area contributed by atoms with Crippen molar-refractivity contribution in [3.63, 3.8) is 0 Å². The van der Waals surface area contributed by atoms with E-state index < -0.39 is 15.9 Å². The van der Waals surface area contributed by atoms with Gasteiger partial charge < -0.3 is 9.67 Å². The van der Waals surface area contributed by atoms with Gasteiger partial charge in [0, 0.05) is 25.5 Å². The number of allylic oxidation sites excluding steroid dienone is 1. The van der Waals surface area contributed by atoms with Crippen LogP contribution in [0.3, 0.4) is 0 Å². The fourth-order valence-electron chi connectivity index (χ4n) is 8.50. The number of hydrogen-bond acceptors (Lipinski definition) is 4. The van der Waals surface area contributed by atoms with E-state index in [0.717, 1.165) is 25.8 Å². The van der Waals surface area contributed by atoms with Gasteiger partial charge in [0.15, 0.2) is 0 Å². The van der Waals surface area contributed by atoms with Crippen LogP contribution in [0.2, 0.25) is 0 Å². The molecular formula is C27H45N3O4S. The quantitative estimate of drug-likeness (QED) is 0.310. The Balaban J connectivity index is 1.52. The third kappa shape index (κ3) is 6.03. The molecule has 0 radical (unpaired) electrons. The number of imidazole rings is 1. The summed E-state index contributed by atoms with van der Waals surface area (Å²) in [5.74, 6) is 3.53. The first-order valence-electron chi connectivity index (χ1n) is 13.5. The second-order valence-electron chi connectivity index (χ2n) is 12.3. The number of aromatic nitrogens is 2. The molecule has 0 aliphatic heterocycles. The van der Waals surface area contributed by atoms with E-state index in [0.29, 0.717) is 41.9 Å². The van der Waals surface area contributed by atoms with E-state index >= 15 is 0 Å². The van der Waals surface area contributed by atoms with Gasteiger partial charge in [-0.1, -0.05) is 25.5 Å². The fraction of sp³-hybridized carbons (Fsp3) is 0.815. The minimum Gasteiger partial charge on any atom is -0.390 e. The smallest absolute Gasteiger partial charge is 0.333 e. The molecule has 8 heteroatoms. The Kier molecular flexibility index (Phi) is 7.87. The zero-order valence-electron chi connectivity index (χ0n) is 21.9. The molecule has 7 atom stereocenters. The van der Waals surface area contributed by atoms with E-state index in [-0.39, 0.29) is 12.0 Å². The van der Waals surface area contributed by atoms with Gasteiger partial charge in [-0.25, -0.2) is 4.98 Å². The molecule has 2 fully saturated rings. The Morgan fingerprint density at radius 1 is 1.29 bits per heavy atom. The second-order valence-corrected chi connectivity index (χ2v) is 13.6. The summed E-state index contributed by atoms with van der Waals surface area (Å²) in [5.41, 5.74) is 0.958. The molecule has 7 unspecified atom stereocenters. The van der Waals surface area contributed by atoms with E-state index in [1.54, 1.807) is 0 Å². The van der Waals surface area contributed by atoms with Gasteiger partial charge >= 0.3 is 10.3 Å². The summed E-state index contributed by atoms with van der Waals surface area (Å²) in [7, 11) is -4.14. The SMILES string of the molecule is CCC1C(CCNS(=O)(=O)O)=CCC2C1CCC1(C)C(C(Cn3ccnc3)CC(C)(C)O)CCC21. The Morgan fingerprint density at radius 3 is 2.69 bits per heavy atom. The average molecular weight is 508 g/mol. The predicted molar refractivity (Wildman–Crippen MR) is 138 cm³/mol. The lowest BCUT2D eigenvalue weighted by atomic mass is 9.51. The normalized spacial score (nSPS) is 34.2. The molecule has 1 heterocycles. The van der Waals surface area contributed by atoms with Crippen molar-refractivity contribution in [2.45, 2.75) is 91.2 Å². The van der Waals surface area contributed by atoms with Crippen LogP contribution in [0.25, 0.3) is 0 Å². The number of aliphatic hydroxyl groups is 1. The van der Waals surface area contributed by atoms with Crippen LogP contribution in [0, 0.1) is 40.9 Å². The third-order valence-corrected chi connectivity index (χ3v) is 10.3. The van der Waals surface area contributed by atoms with Crippen molar-refractivity contribution in [3.8, 4) is 0 Å². The van der Waals surface area contributed by atoms with Gasteiger partial charge in [-0.15, -0.1) is 0 Å². The minimum absolute atomic E-state index is 0.259. The summed E-state index contributed by atoms with van der Waals surface area (Å²) in [6, 6.07) is 0. The highest BCUT2D eigenvalue weighted by Crippen LogP contribution is 2.64. The monoisotopic (exact) mass is 507 g/mol. The first-order chi connectivity index (χ1) is 16.4. The number of hydrogen-bond donors (Lipinski definition) is 3. The molecule has 35 heavy (non-hydrogen) atoms. The van der Waals surface area contributed by atoms with E-state index in [1.807, 2.05) is 32.6 Å². The number of rotatable bonds is 10. The molecule has 0 spiro atoms. The summed E-state index contributed by atoms with van der Waals surface area (Å²) in [5, 5.41) is 10.8. The maximum Gasteiger partial charge on any atom is 0.333 e. The Morgan fingerprint density at radius 2 is 2.06 bits per heavy atom. The van der Waals surface area contributed by atoms with E-state index in [9.17, 15) is 13.5 Å². The van der Waals surface area contributed by atoms with Crippen LogP contribution in [0.15, 0.2) is 30.4 Å². The molecule has 1 aromatic heterocycles. The van der Waals surface area contributed by atoms with Crippen molar-refractivity contribution in [1.29, 1.82) is 0 Å². The molecule has 0 bridgehead atoms. The van der Waals surface area contributed by atoms with Gasteiger partial charge in [0.2, 0.25) is 0 Å². The lowest BCUT2D eigenvalue weighted by molar-refractivity contribution is -0.0405. The molecule has 198 valence electrons. The van der Waals surface area contributed by atoms with Gasteiger partial charge in [-0.3, -0.25) is 4.55 Å². The highest BCUT2D eigenvalue weighted by atomic mass is 32.2. The van der Waals surface area contributed by atoms with Crippen LogP contribution in [-0.2, 0) is 16.8 Å². The van der Waals surface area contributed by atoms with Crippen LogP contribution >= 0.6 is 0 Å². The van der Waals surface area contributed by atoms with Gasteiger partial charge in [0.05, 0.1) is 11.9 Å². The van der Waals surface area contributed by atoms with E-state index in [1.165, 1.54) is 31.3 Å². The summed E-state index contributed by atoms with van der Waals surface area (Å²) < 4.78 is 35.6. The Hall–Kier alpha value is -1.22. The molecular weight excluding hydrogens is 462 g/mol. The summed E-state index contributed by atoms with van der Waals surface area (Å²) in [6.45, 7) is 9.84. The molecule has 0 saturated heterocycles.